The van der Waals surface area contributed by atoms with Gasteiger partial charge in [-0.25, -0.2) is 0 Å². The van der Waals surface area contributed by atoms with Gasteiger partial charge in [-0.1, -0.05) is 6.07 Å². The van der Waals surface area contributed by atoms with Crippen molar-refractivity contribution in [1.29, 1.82) is 0 Å². The van der Waals surface area contributed by atoms with Crippen LogP contribution in [0.15, 0.2) is 18.2 Å². The largest absolute Gasteiger partial charge is 0.454 e. The van der Waals surface area contributed by atoms with Crippen molar-refractivity contribution in [3.05, 3.63) is 23.8 Å². The summed E-state index contributed by atoms with van der Waals surface area (Å²) < 4.78 is 10.4. The summed E-state index contributed by atoms with van der Waals surface area (Å²) in [5, 5.41) is 1.33. The summed E-state index contributed by atoms with van der Waals surface area (Å²) >= 11 is 5.90. The Kier molecular flexibility index (Phi) is 2.22. The quantitative estimate of drug-likeness (QED) is 0.593. The fraction of sp³-hybridized carbons (Fsp3) is 0.273. The van der Waals surface area contributed by atoms with Crippen LogP contribution >= 0.6 is 11.6 Å². The second kappa shape index (κ2) is 3.63. The van der Waals surface area contributed by atoms with E-state index in [1.807, 2.05) is 0 Å². The minimum atomic E-state index is -0.872. The molecule has 2 heterocycles. The van der Waals surface area contributed by atoms with Crippen LogP contribution in [0.2, 0.25) is 0 Å². The molecule has 5 nitrogen and oxygen atoms in total. The summed E-state index contributed by atoms with van der Waals surface area (Å²) in [7, 11) is 0. The van der Waals surface area contributed by atoms with E-state index in [0.717, 1.165) is 0 Å². The van der Waals surface area contributed by atoms with Gasteiger partial charge in [-0.3, -0.25) is 14.9 Å². The molecule has 2 aliphatic heterocycles. The zero-order valence-electron chi connectivity index (χ0n) is 8.60. The van der Waals surface area contributed by atoms with Crippen LogP contribution in [-0.2, 0) is 9.59 Å². The van der Waals surface area contributed by atoms with Crippen molar-refractivity contribution in [1.82, 2.24) is 5.32 Å². The predicted octanol–water partition coefficient (Wildman–Crippen LogP) is 0.763. The van der Waals surface area contributed by atoms with Crippen molar-refractivity contribution in [3.63, 3.8) is 0 Å². The fourth-order valence-electron chi connectivity index (χ4n) is 1.98. The predicted molar refractivity (Wildman–Crippen MR) is 58.1 cm³/mol. The number of alkyl halides is 1. The summed E-state index contributed by atoms with van der Waals surface area (Å²) in [6.45, 7) is 0.166. The molecule has 0 bridgehead atoms. The van der Waals surface area contributed by atoms with Gasteiger partial charge in [0.15, 0.2) is 11.5 Å². The number of imide groups is 1. The number of rotatable bonds is 1. The minimum absolute atomic E-state index is 0.166. The summed E-state index contributed by atoms with van der Waals surface area (Å²) in [5.41, 5.74) is 0.651. The van der Waals surface area contributed by atoms with Gasteiger partial charge < -0.3 is 9.47 Å². The lowest BCUT2D eigenvalue weighted by molar-refractivity contribution is -0.125. The molecule has 3 rings (SSSR count). The van der Waals surface area contributed by atoms with E-state index in [2.05, 4.69) is 5.32 Å². The lowest BCUT2D eigenvalue weighted by atomic mass is 9.97. The van der Waals surface area contributed by atoms with Crippen molar-refractivity contribution in [2.24, 2.45) is 0 Å². The maximum absolute atomic E-state index is 11.6. The maximum Gasteiger partial charge on any atom is 0.245 e. The van der Waals surface area contributed by atoms with Crippen molar-refractivity contribution in [2.45, 2.75) is 11.3 Å². The SMILES string of the molecule is O=C1NC(=O)C(c2ccc3c(c2)OCO3)C1Cl. The van der Waals surface area contributed by atoms with E-state index in [1.54, 1.807) is 18.2 Å². The number of carbonyl (C=O) groups is 2. The third-order valence-electron chi connectivity index (χ3n) is 2.83. The fourth-order valence-corrected chi connectivity index (χ4v) is 2.29. The van der Waals surface area contributed by atoms with Gasteiger partial charge in [0.1, 0.15) is 5.38 Å². The molecular formula is C11H8ClNO4. The lowest BCUT2D eigenvalue weighted by Crippen LogP contribution is -2.22. The number of amides is 2. The Morgan fingerprint density at radius 1 is 1.18 bits per heavy atom. The Balaban J connectivity index is 1.99. The van der Waals surface area contributed by atoms with Crippen molar-refractivity contribution in [3.8, 4) is 11.5 Å². The molecule has 1 aromatic carbocycles. The summed E-state index contributed by atoms with van der Waals surface area (Å²) in [4.78, 5) is 22.9. The highest BCUT2D eigenvalue weighted by atomic mass is 35.5. The van der Waals surface area contributed by atoms with E-state index in [-0.39, 0.29) is 12.7 Å². The number of halogens is 1. The molecule has 88 valence electrons. The van der Waals surface area contributed by atoms with E-state index in [4.69, 9.17) is 21.1 Å². The average molecular weight is 254 g/mol. The van der Waals surface area contributed by atoms with Crippen LogP contribution in [-0.4, -0.2) is 24.0 Å². The number of ether oxygens (including phenoxy) is 2. The van der Waals surface area contributed by atoms with Crippen LogP contribution in [0.25, 0.3) is 0 Å². The van der Waals surface area contributed by atoms with E-state index in [1.165, 1.54) is 0 Å². The molecule has 1 aromatic rings. The van der Waals surface area contributed by atoms with Crippen molar-refractivity contribution >= 4 is 23.4 Å². The number of fused-ring (bicyclic) bond motifs is 1. The first-order valence-electron chi connectivity index (χ1n) is 5.05. The standard InChI is InChI=1S/C11H8ClNO4/c12-9-8(10(14)13-11(9)15)5-1-2-6-7(3-5)17-4-16-6/h1-3,8-9H,4H2,(H,13,14,15). The normalized spacial score (nSPS) is 26.2. The average Bonchev–Trinajstić information content (AvgIpc) is 2.84. The first-order chi connectivity index (χ1) is 8.16. The van der Waals surface area contributed by atoms with Crippen molar-refractivity contribution < 1.29 is 19.1 Å². The second-order valence-electron chi connectivity index (χ2n) is 3.85. The zero-order chi connectivity index (χ0) is 12.0. The molecule has 6 heteroatoms. The van der Waals surface area contributed by atoms with Gasteiger partial charge in [0.05, 0.1) is 5.92 Å². The number of nitrogens with one attached hydrogen (secondary N) is 1. The molecule has 1 fully saturated rings. The number of hydrogen-bond acceptors (Lipinski definition) is 4. The molecule has 0 saturated carbocycles. The second-order valence-corrected chi connectivity index (χ2v) is 4.32. The molecule has 2 aliphatic rings. The number of carbonyl (C=O) groups excluding carboxylic acids is 2. The van der Waals surface area contributed by atoms with Gasteiger partial charge in [-0.05, 0) is 17.7 Å². The first-order valence-corrected chi connectivity index (χ1v) is 5.49. The first kappa shape index (κ1) is 10.4. The third-order valence-corrected chi connectivity index (χ3v) is 3.28. The Bertz CT molecular complexity index is 516. The monoisotopic (exact) mass is 253 g/mol. The molecule has 2 amide bonds. The molecule has 0 radical (unpaired) electrons. The van der Waals surface area contributed by atoms with Gasteiger partial charge in [0.2, 0.25) is 18.6 Å². The molecule has 17 heavy (non-hydrogen) atoms. The van der Waals surface area contributed by atoms with E-state index in [9.17, 15) is 9.59 Å². The van der Waals surface area contributed by atoms with Gasteiger partial charge in [0, 0.05) is 0 Å². The molecule has 1 N–H and O–H groups in total. The molecule has 0 aliphatic carbocycles. The highest BCUT2D eigenvalue weighted by Crippen LogP contribution is 2.37. The van der Waals surface area contributed by atoms with Crippen LogP contribution in [0.3, 0.4) is 0 Å². The molecule has 0 spiro atoms. The Morgan fingerprint density at radius 3 is 2.65 bits per heavy atom. The maximum atomic E-state index is 11.6. The number of benzene rings is 1. The zero-order valence-corrected chi connectivity index (χ0v) is 9.36. The van der Waals surface area contributed by atoms with E-state index >= 15 is 0 Å². The Labute approximate surface area is 102 Å². The van der Waals surface area contributed by atoms with Gasteiger partial charge >= 0.3 is 0 Å². The van der Waals surface area contributed by atoms with Crippen molar-refractivity contribution in [2.75, 3.05) is 6.79 Å². The van der Waals surface area contributed by atoms with Crippen LogP contribution in [0.1, 0.15) is 11.5 Å². The smallest absolute Gasteiger partial charge is 0.245 e. The van der Waals surface area contributed by atoms with Crippen LogP contribution in [0.5, 0.6) is 11.5 Å². The summed E-state index contributed by atoms with van der Waals surface area (Å²) in [6.07, 6.45) is 0. The van der Waals surface area contributed by atoms with Crippen LogP contribution in [0.4, 0.5) is 0 Å². The lowest BCUT2D eigenvalue weighted by Gasteiger charge is -2.10. The highest BCUT2D eigenvalue weighted by molar-refractivity contribution is 6.37. The number of hydrogen-bond donors (Lipinski definition) is 1. The third kappa shape index (κ3) is 1.54. The minimum Gasteiger partial charge on any atom is -0.454 e. The summed E-state index contributed by atoms with van der Waals surface area (Å²) in [5.74, 6) is -0.310. The van der Waals surface area contributed by atoms with Crippen LogP contribution < -0.4 is 14.8 Å². The molecule has 1 saturated heterocycles. The highest BCUT2D eigenvalue weighted by Gasteiger charge is 2.41. The summed E-state index contributed by atoms with van der Waals surface area (Å²) in [6, 6.07) is 5.10. The van der Waals surface area contributed by atoms with Gasteiger partial charge in [-0.2, -0.15) is 0 Å². The Hall–Kier alpha value is -1.75. The van der Waals surface area contributed by atoms with Gasteiger partial charge in [-0.15, -0.1) is 11.6 Å². The van der Waals surface area contributed by atoms with E-state index < -0.39 is 17.2 Å². The molecular weight excluding hydrogens is 246 g/mol. The van der Waals surface area contributed by atoms with Crippen LogP contribution in [0, 0.1) is 0 Å². The molecule has 0 aromatic heterocycles. The topological polar surface area (TPSA) is 64.6 Å². The van der Waals surface area contributed by atoms with E-state index in [0.29, 0.717) is 17.1 Å². The van der Waals surface area contributed by atoms with Gasteiger partial charge in [0.25, 0.3) is 0 Å². The Morgan fingerprint density at radius 2 is 1.94 bits per heavy atom. The molecule has 2 atom stereocenters. The molecule has 2 unspecified atom stereocenters.